The summed E-state index contributed by atoms with van der Waals surface area (Å²) in [6, 6.07) is 0. The molecule has 0 aromatic rings. The Labute approximate surface area is 254 Å². The number of aliphatic hydroxyl groups excluding tert-OH is 3. The maximum atomic E-state index is 10.3. The summed E-state index contributed by atoms with van der Waals surface area (Å²) < 4.78 is 0. The van der Waals surface area contributed by atoms with Gasteiger partial charge in [0.2, 0.25) is 0 Å². The minimum atomic E-state index is -1.33. The zero-order valence-corrected chi connectivity index (χ0v) is 25.2. The summed E-state index contributed by atoms with van der Waals surface area (Å²) in [7, 11) is 0. The molecule has 0 aliphatic carbocycles. The van der Waals surface area contributed by atoms with E-state index in [-0.39, 0.29) is 71.0 Å². The van der Waals surface area contributed by atoms with Gasteiger partial charge in [0.05, 0.1) is 19.6 Å². The quantitative estimate of drug-likeness (QED) is 0.103. The van der Waals surface area contributed by atoms with Crippen molar-refractivity contribution in [2.45, 2.75) is 129 Å². The Morgan fingerprint density at radius 3 is 1.11 bits per heavy atom. The first-order valence-corrected chi connectivity index (χ1v) is 12.7. The Morgan fingerprint density at radius 2 is 0.914 bits per heavy atom. The molecule has 0 aromatic heterocycles. The summed E-state index contributed by atoms with van der Waals surface area (Å²) in [5.74, 6) is -3.10. The van der Waals surface area contributed by atoms with Crippen molar-refractivity contribution in [3.63, 3.8) is 0 Å². The second-order valence-electron chi connectivity index (χ2n) is 8.38. The minimum absolute atomic E-state index is 0. The molecule has 0 rings (SSSR count). The van der Waals surface area contributed by atoms with Crippen LogP contribution in [0.2, 0.25) is 0 Å². The Morgan fingerprint density at radius 1 is 0.600 bits per heavy atom. The first-order chi connectivity index (χ1) is 16.2. The van der Waals surface area contributed by atoms with Crippen molar-refractivity contribution < 1.29 is 96.4 Å². The fourth-order valence-electron chi connectivity index (χ4n) is 2.91. The minimum Gasteiger partial charge on any atom is -0.550 e. The molecule has 0 radical (unpaired) electrons. The van der Waals surface area contributed by atoms with Crippen LogP contribution < -0.4 is 56.5 Å². The van der Waals surface area contributed by atoms with Gasteiger partial charge in [-0.25, -0.2) is 0 Å². The molecule has 0 saturated heterocycles. The largest absolute Gasteiger partial charge is 1.00 e. The van der Waals surface area contributed by atoms with Crippen LogP contribution in [0.5, 0.6) is 0 Å². The van der Waals surface area contributed by atoms with Crippen LogP contribution in [-0.4, -0.2) is 62.8 Å². The molecule has 0 aliphatic rings. The van der Waals surface area contributed by atoms with E-state index in [4.69, 9.17) is 25.5 Å². The molecule has 0 bridgehead atoms. The maximum Gasteiger partial charge on any atom is 1.00 e. The molecule has 0 atom stereocenters. The predicted molar refractivity (Wildman–Crippen MR) is 129 cm³/mol. The second kappa shape index (κ2) is 36.1. The van der Waals surface area contributed by atoms with E-state index < -0.39 is 30.4 Å². The van der Waals surface area contributed by atoms with Crippen molar-refractivity contribution in [1.29, 1.82) is 0 Å². The number of carboxylic acids is 3. The molecule has 0 heterocycles. The van der Waals surface area contributed by atoms with Crippen LogP contribution in [-0.2, 0) is 14.4 Å². The van der Waals surface area contributed by atoms with Crippen molar-refractivity contribution in [3.8, 4) is 0 Å². The van der Waals surface area contributed by atoms with Crippen LogP contribution in [0.15, 0.2) is 0 Å². The Kier molecular flexibility index (Phi) is 43.3. The van der Waals surface area contributed by atoms with Gasteiger partial charge in [-0.05, 0) is 12.8 Å². The average molecular weight is 533 g/mol. The van der Waals surface area contributed by atoms with Gasteiger partial charge in [0, 0.05) is 12.4 Å². The van der Waals surface area contributed by atoms with Crippen molar-refractivity contribution in [2.24, 2.45) is 0 Å². The van der Waals surface area contributed by atoms with Crippen LogP contribution in [0.25, 0.3) is 0 Å². The number of carboxylic acid groups (broad SMARTS) is 3. The van der Waals surface area contributed by atoms with E-state index in [0.29, 0.717) is 6.42 Å². The van der Waals surface area contributed by atoms with Gasteiger partial charge >= 0.3 is 63.3 Å². The van der Waals surface area contributed by atoms with E-state index in [2.05, 4.69) is 6.92 Å². The van der Waals surface area contributed by atoms with Crippen LogP contribution in [0.4, 0.5) is 0 Å². The molecular formula is C25H49KO9. The summed E-state index contributed by atoms with van der Waals surface area (Å²) in [4.78, 5) is 29.5. The number of carbonyl (C=O) groups excluding carboxylic acids is 1. The zero-order chi connectivity index (χ0) is 26.5. The standard InChI is InChI=1S/C18H36O2.C4H6O4.C3H8O3.K/c1-2-3-4-5-6-7-8-9-10-11-12-13-14-15-16-17-18(19)20;5-3(6)1-2-4(7)8;4-1-3(6)2-5;/h2-17H2,1H3,(H,19,20);1-2H2,(H,5,6)(H,7,8);3-6H,1-2H2;/q;;;+1/p-1. The summed E-state index contributed by atoms with van der Waals surface area (Å²) >= 11 is 0. The number of unbranched alkanes of at least 4 members (excludes halogenated alkanes) is 14. The first kappa shape index (κ1) is 42.0. The van der Waals surface area contributed by atoms with Gasteiger partial charge in [-0.15, -0.1) is 0 Å². The van der Waals surface area contributed by atoms with Gasteiger partial charge in [-0.3, -0.25) is 9.59 Å². The van der Waals surface area contributed by atoms with Gasteiger partial charge in [0.1, 0.15) is 6.10 Å². The van der Waals surface area contributed by atoms with Crippen LogP contribution in [0.1, 0.15) is 122 Å². The topological polar surface area (TPSA) is 175 Å². The fourth-order valence-corrected chi connectivity index (χ4v) is 2.91. The van der Waals surface area contributed by atoms with E-state index in [9.17, 15) is 19.5 Å². The van der Waals surface area contributed by atoms with E-state index in [1.54, 1.807) is 0 Å². The first-order valence-electron chi connectivity index (χ1n) is 12.7. The number of carbonyl (C=O) groups is 3. The van der Waals surface area contributed by atoms with Crippen molar-refractivity contribution in [2.75, 3.05) is 13.2 Å². The van der Waals surface area contributed by atoms with E-state index in [1.165, 1.54) is 83.5 Å². The third kappa shape index (κ3) is 51.4. The molecule has 0 unspecified atom stereocenters. The Balaban J connectivity index is -0.000000263. The smallest absolute Gasteiger partial charge is 0.550 e. The molecule has 10 heteroatoms. The molecule has 0 amide bonds. The van der Waals surface area contributed by atoms with Crippen molar-refractivity contribution >= 4 is 17.9 Å². The third-order valence-electron chi connectivity index (χ3n) is 4.96. The Hall–Kier alpha value is -0.0736. The number of hydrogen-bond donors (Lipinski definition) is 5. The van der Waals surface area contributed by atoms with Crippen molar-refractivity contribution in [3.05, 3.63) is 0 Å². The summed E-state index contributed by atoms with van der Waals surface area (Å²) in [5.41, 5.74) is 0. The maximum absolute atomic E-state index is 10.3. The van der Waals surface area contributed by atoms with E-state index in [0.717, 1.165) is 12.8 Å². The average Bonchev–Trinajstić information content (AvgIpc) is 2.80. The molecule has 204 valence electrons. The van der Waals surface area contributed by atoms with Gasteiger partial charge in [0.15, 0.2) is 0 Å². The third-order valence-corrected chi connectivity index (χ3v) is 4.96. The summed E-state index contributed by atoms with van der Waals surface area (Å²) in [5, 5.41) is 49.9. The number of hydrogen-bond acceptors (Lipinski definition) is 7. The predicted octanol–water partition coefficient (Wildman–Crippen LogP) is 0.270. The molecule has 5 N–H and O–H groups in total. The van der Waals surface area contributed by atoms with Gasteiger partial charge in [-0.2, -0.15) is 0 Å². The number of aliphatic carboxylic acids is 3. The number of rotatable bonds is 21. The monoisotopic (exact) mass is 532 g/mol. The molecule has 0 aliphatic heterocycles. The summed E-state index contributed by atoms with van der Waals surface area (Å²) in [6.45, 7) is 1.54. The van der Waals surface area contributed by atoms with Crippen LogP contribution >= 0.6 is 0 Å². The molecule has 0 spiro atoms. The van der Waals surface area contributed by atoms with E-state index >= 15 is 0 Å². The van der Waals surface area contributed by atoms with Crippen molar-refractivity contribution in [1.82, 2.24) is 0 Å². The zero-order valence-electron chi connectivity index (χ0n) is 22.1. The number of aliphatic hydroxyl groups is 3. The molecular weight excluding hydrogens is 483 g/mol. The van der Waals surface area contributed by atoms with Gasteiger partial charge < -0.3 is 35.4 Å². The van der Waals surface area contributed by atoms with Crippen LogP contribution in [0, 0.1) is 0 Å². The molecule has 9 nitrogen and oxygen atoms in total. The fraction of sp³-hybridized carbons (Fsp3) is 0.880. The molecule has 0 aromatic carbocycles. The SMILES string of the molecule is CCCCCCCCCCCCCCCCCC(=O)O.O=C([O-])CCC(=O)O.OCC(O)CO.[K+]. The molecule has 0 saturated carbocycles. The molecule has 0 fully saturated rings. The van der Waals surface area contributed by atoms with Gasteiger partial charge in [0.25, 0.3) is 0 Å². The summed E-state index contributed by atoms with van der Waals surface area (Å²) in [6.07, 6.45) is 18.5. The van der Waals surface area contributed by atoms with Crippen LogP contribution in [0.3, 0.4) is 0 Å². The van der Waals surface area contributed by atoms with Gasteiger partial charge in [-0.1, -0.05) is 96.8 Å². The normalized spacial score (nSPS) is 9.86. The molecule has 35 heavy (non-hydrogen) atoms. The second-order valence-corrected chi connectivity index (χ2v) is 8.38. The Bertz CT molecular complexity index is 444. The van der Waals surface area contributed by atoms with E-state index in [1.807, 2.05) is 0 Å².